The molecule has 0 aliphatic heterocycles. The number of benzene rings is 4. The average Bonchev–Trinajstić information content (AvgIpc) is 2.91. The molecule has 0 radical (unpaired) electrons. The third-order valence-corrected chi connectivity index (χ3v) is 9.93. The molecule has 0 saturated carbocycles. The summed E-state index contributed by atoms with van der Waals surface area (Å²) in [7, 11) is -14.1. The molecule has 0 unspecified atom stereocenters. The van der Waals surface area contributed by atoms with E-state index in [9.17, 15) is 39.5 Å². The van der Waals surface area contributed by atoms with Crippen LogP contribution in [0.5, 0.6) is 0 Å². The van der Waals surface area contributed by atoms with Crippen molar-refractivity contribution in [2.24, 2.45) is 15.2 Å². The van der Waals surface area contributed by atoms with Crippen LogP contribution in [-0.4, -0.2) is 40.3 Å². The first-order valence-electron chi connectivity index (χ1n) is 11.7. The molecule has 0 aliphatic rings. The van der Waals surface area contributed by atoms with Crippen molar-refractivity contribution in [3.8, 4) is 0 Å². The summed E-state index contributed by atoms with van der Waals surface area (Å²) in [5.74, 6) is -0.801. The normalized spacial score (nSPS) is 12.5. The fourth-order valence-corrected chi connectivity index (χ4v) is 6.73. The Bertz CT molecular complexity index is 2230. The van der Waals surface area contributed by atoms with Crippen LogP contribution in [0.3, 0.4) is 0 Å². The zero-order valence-corrected chi connectivity index (χ0v) is 31.8. The maximum atomic E-state index is 13.8. The Morgan fingerprint density at radius 2 is 1.51 bits per heavy atom. The Balaban J connectivity index is 0.00000353. The minimum absolute atomic E-state index is 0. The minimum Gasteiger partial charge on any atom is -0.858 e. The summed E-state index contributed by atoms with van der Waals surface area (Å²) >= 11 is 2.90. The molecule has 0 saturated heterocycles. The number of nitrogens with two attached hydrogens (primary N) is 1. The van der Waals surface area contributed by atoms with Gasteiger partial charge in [-0.3, -0.25) is 9.55 Å². The Morgan fingerprint density at radius 3 is 2.11 bits per heavy atom. The molecule has 0 atom stereocenters. The van der Waals surface area contributed by atoms with Gasteiger partial charge < -0.3 is 15.4 Å². The van der Waals surface area contributed by atoms with Gasteiger partial charge in [0.05, 0.1) is 26.1 Å². The van der Waals surface area contributed by atoms with Crippen LogP contribution in [0.1, 0.15) is 5.56 Å². The largest absolute Gasteiger partial charge is 1.00 e. The fourth-order valence-electron chi connectivity index (χ4n) is 3.88. The molecule has 0 aliphatic carbocycles. The zero-order chi connectivity index (χ0) is 31.9. The monoisotopic (exact) mass is 752 g/mol. The number of hydrogen-bond acceptors (Lipinski definition) is 12. The van der Waals surface area contributed by atoms with Gasteiger partial charge in [-0.1, -0.05) is 40.7 Å². The predicted octanol–water partition coefficient (Wildman–Crippen LogP) is -1.56. The van der Waals surface area contributed by atoms with Gasteiger partial charge in [-0.2, -0.15) is 8.42 Å². The molecule has 4 aromatic carbocycles. The number of aliphatic imine (C=N–C) groups is 1. The summed E-state index contributed by atoms with van der Waals surface area (Å²) in [5.41, 5.74) is 5.89. The summed E-state index contributed by atoms with van der Waals surface area (Å²) in [4.78, 5) is 1.62. The van der Waals surface area contributed by atoms with Gasteiger partial charge in [-0.05, 0) is 66.4 Å². The standard InChI is InChI=1S/C26H21BrN4O9S3.2Na/c1-14-3-6-18(13-23(14)43(38,39)40)41(33,34)24-12-17(29-26(32)15(2)27)5-10-22(24)30-31-25-20-8-7-19(42(35,36)37)11-16(20)4-9-21(25)28;;/h3-13H,2,28H2,1H3,(H,29,32)(H,35,36,37)(H,38,39,40);;/q;2*+1/p-2. The molecule has 0 aromatic heterocycles. The molecule has 13 nitrogen and oxygen atoms in total. The fraction of sp³-hybridized carbons (Fsp3) is 0.0385. The number of anilines is 1. The van der Waals surface area contributed by atoms with Crippen LogP contribution in [0, 0.1) is 6.92 Å². The predicted molar refractivity (Wildman–Crippen MR) is 159 cm³/mol. The van der Waals surface area contributed by atoms with Crippen molar-refractivity contribution in [2.45, 2.75) is 26.5 Å². The van der Waals surface area contributed by atoms with Crippen molar-refractivity contribution in [1.29, 1.82) is 0 Å². The molecular formula is C26H19BrN4Na2O9S3. The van der Waals surface area contributed by atoms with E-state index < -0.39 is 55.6 Å². The van der Waals surface area contributed by atoms with Crippen molar-refractivity contribution >= 4 is 85.4 Å². The van der Waals surface area contributed by atoms with E-state index in [1.165, 1.54) is 43.3 Å². The van der Waals surface area contributed by atoms with Gasteiger partial charge >= 0.3 is 59.1 Å². The molecule has 0 bridgehead atoms. The van der Waals surface area contributed by atoms with E-state index >= 15 is 0 Å². The van der Waals surface area contributed by atoms with E-state index in [1.807, 2.05) is 0 Å². The maximum absolute atomic E-state index is 13.8. The van der Waals surface area contributed by atoms with Crippen LogP contribution in [0.15, 0.2) is 113 Å². The number of hydrogen-bond donors (Lipinski definition) is 2. The number of halogens is 1. The van der Waals surface area contributed by atoms with Gasteiger partial charge in [0, 0.05) is 15.8 Å². The van der Waals surface area contributed by atoms with Gasteiger partial charge in [-0.15, -0.1) is 10.2 Å². The Labute approximate surface area is 311 Å². The third kappa shape index (κ3) is 8.88. The number of azo groups is 1. The van der Waals surface area contributed by atoms with Crippen molar-refractivity contribution in [3.05, 3.63) is 83.4 Å². The van der Waals surface area contributed by atoms with E-state index in [0.29, 0.717) is 5.39 Å². The van der Waals surface area contributed by atoms with Crippen molar-refractivity contribution in [1.82, 2.24) is 0 Å². The van der Waals surface area contributed by atoms with Crippen molar-refractivity contribution in [2.75, 3.05) is 5.73 Å². The second-order valence-corrected chi connectivity index (χ2v) is 14.6. The second-order valence-electron chi connectivity index (χ2n) is 8.92. The summed E-state index contributed by atoms with van der Waals surface area (Å²) in [5, 5.41) is 20.9. The molecule has 19 heteroatoms. The molecule has 3 N–H and O–H groups in total. The smallest absolute Gasteiger partial charge is 0.858 e. The quantitative estimate of drug-likeness (QED) is 0.0525. The van der Waals surface area contributed by atoms with E-state index in [2.05, 4.69) is 37.7 Å². The molecule has 0 fully saturated rings. The molecular weight excluding hydrogens is 734 g/mol. The zero-order valence-electron chi connectivity index (χ0n) is 23.8. The summed E-state index contributed by atoms with van der Waals surface area (Å²) in [6, 6.07) is 12.9. The Hall–Kier alpha value is -2.00. The van der Waals surface area contributed by atoms with Crippen LogP contribution in [0.2, 0.25) is 0 Å². The average molecular weight is 754 g/mol. The summed E-state index contributed by atoms with van der Waals surface area (Å²) in [6.45, 7) is 4.78. The number of fused-ring (bicyclic) bond motifs is 1. The molecule has 4 aromatic rings. The molecule has 0 spiro atoms. The first-order valence-corrected chi connectivity index (χ1v) is 16.8. The van der Waals surface area contributed by atoms with Crippen LogP contribution < -0.4 is 70.0 Å². The number of nitrogens with zero attached hydrogens (tertiary/aromatic N) is 3. The SMILES string of the molecule is C=C(Br)C([O-])=Nc1ccc(N=Nc2c(N)ccc3cc(S(=O)(=O)[O-])ccc23)c(S(=O)(=O)c2ccc(C)c(S(=O)(=O)O)c2)c1.[Na+].[Na+]. The molecule has 0 heterocycles. The number of nitrogen functional groups attached to an aromatic ring is 1. The topological polar surface area (TPSA) is 232 Å². The number of aryl methyl sites for hydroxylation is 1. The first kappa shape index (κ1) is 39.2. The number of sulfone groups is 1. The van der Waals surface area contributed by atoms with E-state index in [-0.39, 0.29) is 97.3 Å². The molecule has 0 amide bonds. The van der Waals surface area contributed by atoms with Crippen molar-refractivity contribution < 1.29 is 98.6 Å². The van der Waals surface area contributed by atoms with Gasteiger partial charge in [0.15, 0.2) is 0 Å². The van der Waals surface area contributed by atoms with Crippen LogP contribution in [-0.2, 0) is 30.1 Å². The van der Waals surface area contributed by atoms with E-state index in [4.69, 9.17) is 5.73 Å². The minimum atomic E-state index is -4.78. The van der Waals surface area contributed by atoms with Crippen LogP contribution >= 0.6 is 15.9 Å². The third-order valence-electron chi connectivity index (χ3n) is 5.98. The van der Waals surface area contributed by atoms with Gasteiger partial charge in [0.2, 0.25) is 9.84 Å². The summed E-state index contributed by atoms with van der Waals surface area (Å²) < 4.78 is 95.1. The summed E-state index contributed by atoms with van der Waals surface area (Å²) in [6.07, 6.45) is 0. The van der Waals surface area contributed by atoms with E-state index in [0.717, 1.165) is 30.3 Å². The molecule has 224 valence electrons. The second kappa shape index (κ2) is 14.8. The van der Waals surface area contributed by atoms with Crippen LogP contribution in [0.25, 0.3) is 10.8 Å². The van der Waals surface area contributed by atoms with Crippen LogP contribution in [0.4, 0.5) is 22.7 Å². The maximum Gasteiger partial charge on any atom is 1.00 e. The van der Waals surface area contributed by atoms with Gasteiger partial charge in [0.25, 0.3) is 10.1 Å². The van der Waals surface area contributed by atoms with Crippen molar-refractivity contribution in [3.63, 3.8) is 0 Å². The molecule has 45 heavy (non-hydrogen) atoms. The Kier molecular flexibility index (Phi) is 12.9. The molecule has 4 rings (SSSR count). The van der Waals surface area contributed by atoms with E-state index in [1.54, 1.807) is 0 Å². The Morgan fingerprint density at radius 1 is 0.867 bits per heavy atom. The first-order chi connectivity index (χ1) is 19.9. The van der Waals surface area contributed by atoms with Gasteiger partial charge in [0.1, 0.15) is 26.4 Å². The number of rotatable bonds is 8. The van der Waals surface area contributed by atoms with Gasteiger partial charge in [-0.25, -0.2) is 16.8 Å².